The average Bonchev–Trinajstić information content (AvgIpc) is 2.39. The molecule has 1 amide bonds. The smallest absolute Gasteiger partial charge is 0.339 e. The number of nitrogens with one attached hydrogen (secondary N) is 1. The molecule has 0 atom stereocenters. The summed E-state index contributed by atoms with van der Waals surface area (Å²) in [5.74, 6) is -0.994. The minimum absolute atomic E-state index is 0.282. The number of amides is 1. The summed E-state index contributed by atoms with van der Waals surface area (Å²) in [5, 5.41) is 2.54. The molecule has 1 aromatic rings. The molecule has 7 heteroatoms. The minimum atomic E-state index is -0.610. The van der Waals surface area contributed by atoms with Crippen molar-refractivity contribution in [2.24, 2.45) is 0 Å². The first-order valence-electron chi connectivity index (χ1n) is 5.52. The van der Waals surface area contributed by atoms with Crippen molar-refractivity contribution in [3.63, 3.8) is 0 Å². The molecule has 0 spiro atoms. The fourth-order valence-electron chi connectivity index (χ4n) is 1.25. The molecule has 0 aromatic heterocycles. The number of halogens is 1. The quantitative estimate of drug-likeness (QED) is 0.460. The van der Waals surface area contributed by atoms with E-state index in [0.29, 0.717) is 23.3 Å². The van der Waals surface area contributed by atoms with Crippen molar-refractivity contribution in [1.82, 2.24) is 5.32 Å². The number of esters is 1. The number of methoxy groups -OCH3 is 1. The highest BCUT2D eigenvalue weighted by molar-refractivity contribution is 9.10. The minimum Gasteiger partial charge on any atom is -0.452 e. The molecule has 0 saturated heterocycles. The molecule has 0 aliphatic rings. The van der Waals surface area contributed by atoms with Crippen LogP contribution >= 0.6 is 15.9 Å². The van der Waals surface area contributed by atoms with Crippen LogP contribution < -0.4 is 11.1 Å². The van der Waals surface area contributed by atoms with Crippen LogP contribution in [0.25, 0.3) is 0 Å². The van der Waals surface area contributed by atoms with Gasteiger partial charge in [0.2, 0.25) is 0 Å². The van der Waals surface area contributed by atoms with E-state index in [0.717, 1.165) is 0 Å². The number of ether oxygens (including phenoxy) is 2. The Hall–Kier alpha value is -1.60. The van der Waals surface area contributed by atoms with Gasteiger partial charge in [0.05, 0.1) is 12.2 Å². The summed E-state index contributed by atoms with van der Waals surface area (Å²) in [6.45, 7) is 0.430. The number of nitrogen functional groups attached to an aromatic ring is 1. The first-order valence-corrected chi connectivity index (χ1v) is 6.31. The molecule has 0 aliphatic heterocycles. The number of rotatable bonds is 6. The van der Waals surface area contributed by atoms with E-state index in [-0.39, 0.29) is 18.1 Å². The van der Waals surface area contributed by atoms with Gasteiger partial charge in [0.1, 0.15) is 0 Å². The molecular formula is C12H15BrN2O4. The zero-order valence-electron chi connectivity index (χ0n) is 10.4. The van der Waals surface area contributed by atoms with Gasteiger partial charge in [0.25, 0.3) is 5.91 Å². The lowest BCUT2D eigenvalue weighted by Gasteiger charge is -2.07. The fraction of sp³-hybridized carbons (Fsp3) is 0.333. The Balaban J connectivity index is 2.47. The zero-order chi connectivity index (χ0) is 14.3. The van der Waals surface area contributed by atoms with Crippen LogP contribution in [0.1, 0.15) is 10.4 Å². The molecule has 0 saturated carbocycles. The maximum atomic E-state index is 11.7. The molecule has 0 aliphatic carbocycles. The lowest BCUT2D eigenvalue weighted by molar-refractivity contribution is -0.124. The lowest BCUT2D eigenvalue weighted by atomic mass is 10.2. The third-order valence-corrected chi connectivity index (χ3v) is 2.86. The first kappa shape index (κ1) is 15.5. The summed E-state index contributed by atoms with van der Waals surface area (Å²) in [6, 6.07) is 4.78. The van der Waals surface area contributed by atoms with E-state index in [2.05, 4.69) is 21.2 Å². The van der Waals surface area contributed by atoms with E-state index in [9.17, 15) is 9.59 Å². The highest BCUT2D eigenvalue weighted by Crippen LogP contribution is 2.20. The van der Waals surface area contributed by atoms with Crippen molar-refractivity contribution in [2.45, 2.75) is 0 Å². The van der Waals surface area contributed by atoms with Gasteiger partial charge in [-0.25, -0.2) is 4.79 Å². The van der Waals surface area contributed by atoms with Crippen LogP contribution in [0.4, 0.5) is 5.69 Å². The summed E-state index contributed by atoms with van der Waals surface area (Å²) in [4.78, 5) is 23.1. The van der Waals surface area contributed by atoms with Crippen LogP contribution in [0.5, 0.6) is 0 Å². The van der Waals surface area contributed by atoms with Gasteiger partial charge < -0.3 is 20.5 Å². The topological polar surface area (TPSA) is 90.6 Å². The summed E-state index contributed by atoms with van der Waals surface area (Å²) >= 11 is 3.22. The van der Waals surface area contributed by atoms with E-state index >= 15 is 0 Å². The number of carbonyl (C=O) groups excluding carboxylic acids is 2. The van der Waals surface area contributed by atoms with Crippen molar-refractivity contribution in [2.75, 3.05) is 32.6 Å². The number of anilines is 1. The summed E-state index contributed by atoms with van der Waals surface area (Å²) in [5.41, 5.74) is 6.31. The van der Waals surface area contributed by atoms with Gasteiger partial charge >= 0.3 is 5.97 Å². The molecule has 0 unspecified atom stereocenters. The van der Waals surface area contributed by atoms with Crippen molar-refractivity contribution < 1.29 is 19.1 Å². The average molecular weight is 331 g/mol. The van der Waals surface area contributed by atoms with Crippen molar-refractivity contribution in [1.29, 1.82) is 0 Å². The van der Waals surface area contributed by atoms with Crippen LogP contribution in [-0.2, 0) is 14.3 Å². The predicted octanol–water partition coefficient (Wildman–Crippen LogP) is 0.951. The van der Waals surface area contributed by atoms with E-state index in [1.165, 1.54) is 13.2 Å². The van der Waals surface area contributed by atoms with Crippen molar-refractivity contribution >= 4 is 33.5 Å². The number of benzene rings is 1. The van der Waals surface area contributed by atoms with Gasteiger partial charge in [0.15, 0.2) is 6.61 Å². The summed E-state index contributed by atoms with van der Waals surface area (Å²) in [7, 11) is 1.53. The SMILES string of the molecule is COCCNC(=O)COC(=O)c1cc(N)ccc1Br. The number of nitrogens with two attached hydrogens (primary N) is 1. The molecule has 0 heterocycles. The zero-order valence-corrected chi connectivity index (χ0v) is 12.0. The van der Waals surface area contributed by atoms with Gasteiger partial charge in [-0.2, -0.15) is 0 Å². The summed E-state index contributed by atoms with van der Waals surface area (Å²) < 4.78 is 10.2. The Labute approximate surface area is 119 Å². The lowest BCUT2D eigenvalue weighted by Crippen LogP contribution is -2.31. The van der Waals surface area contributed by atoms with Gasteiger partial charge in [-0.05, 0) is 34.1 Å². The Morgan fingerprint density at radius 3 is 2.84 bits per heavy atom. The van der Waals surface area contributed by atoms with Gasteiger partial charge in [0, 0.05) is 23.8 Å². The number of hydrogen-bond acceptors (Lipinski definition) is 5. The van der Waals surface area contributed by atoms with Gasteiger partial charge in [-0.3, -0.25) is 4.79 Å². The standard InChI is InChI=1S/C12H15BrN2O4/c1-18-5-4-15-11(16)7-19-12(17)9-6-8(14)2-3-10(9)13/h2-3,6H,4-5,7,14H2,1H3,(H,15,16). The molecule has 6 nitrogen and oxygen atoms in total. The maximum Gasteiger partial charge on any atom is 0.339 e. The van der Waals surface area contributed by atoms with E-state index in [1.54, 1.807) is 12.1 Å². The van der Waals surface area contributed by atoms with E-state index in [1.807, 2.05) is 0 Å². The molecule has 1 rings (SSSR count). The summed E-state index contributed by atoms with van der Waals surface area (Å²) in [6.07, 6.45) is 0. The van der Waals surface area contributed by atoms with Gasteiger partial charge in [-0.15, -0.1) is 0 Å². The van der Waals surface area contributed by atoms with Crippen molar-refractivity contribution in [3.8, 4) is 0 Å². The van der Waals surface area contributed by atoms with E-state index in [4.69, 9.17) is 15.2 Å². The Morgan fingerprint density at radius 2 is 2.16 bits per heavy atom. The molecule has 0 bridgehead atoms. The highest BCUT2D eigenvalue weighted by atomic mass is 79.9. The third kappa shape index (κ3) is 5.27. The third-order valence-electron chi connectivity index (χ3n) is 2.17. The normalized spacial score (nSPS) is 10.0. The highest BCUT2D eigenvalue weighted by Gasteiger charge is 2.13. The Morgan fingerprint density at radius 1 is 1.42 bits per heavy atom. The Bertz CT molecular complexity index is 465. The molecule has 19 heavy (non-hydrogen) atoms. The molecule has 0 radical (unpaired) electrons. The molecular weight excluding hydrogens is 316 g/mol. The fourth-order valence-corrected chi connectivity index (χ4v) is 1.66. The molecule has 104 valence electrons. The predicted molar refractivity (Wildman–Crippen MR) is 73.7 cm³/mol. The largest absolute Gasteiger partial charge is 0.452 e. The second-order valence-corrected chi connectivity index (χ2v) is 4.51. The van der Waals surface area contributed by atoms with Crippen LogP contribution in [0.3, 0.4) is 0 Å². The monoisotopic (exact) mass is 330 g/mol. The molecule has 1 aromatic carbocycles. The number of carbonyl (C=O) groups is 2. The maximum absolute atomic E-state index is 11.7. The second kappa shape index (κ2) is 7.75. The molecule has 0 fully saturated rings. The second-order valence-electron chi connectivity index (χ2n) is 3.66. The van der Waals surface area contributed by atoms with Crippen LogP contribution in [0, 0.1) is 0 Å². The van der Waals surface area contributed by atoms with E-state index < -0.39 is 5.97 Å². The van der Waals surface area contributed by atoms with Gasteiger partial charge in [-0.1, -0.05) is 0 Å². The van der Waals surface area contributed by atoms with Crippen LogP contribution in [0.15, 0.2) is 22.7 Å². The number of hydrogen-bond donors (Lipinski definition) is 2. The van der Waals surface area contributed by atoms with Crippen LogP contribution in [-0.4, -0.2) is 38.7 Å². The molecule has 3 N–H and O–H groups in total. The Kier molecular flexibility index (Phi) is 6.31. The van der Waals surface area contributed by atoms with Crippen molar-refractivity contribution in [3.05, 3.63) is 28.2 Å². The van der Waals surface area contributed by atoms with Crippen LogP contribution in [0.2, 0.25) is 0 Å². The first-order chi connectivity index (χ1) is 9.04.